The first-order valence-corrected chi connectivity index (χ1v) is 7.63. The molecule has 0 spiro atoms. The van der Waals surface area contributed by atoms with Crippen LogP contribution in [-0.4, -0.2) is 27.1 Å². The zero-order valence-corrected chi connectivity index (χ0v) is 13.2. The lowest BCUT2D eigenvalue weighted by molar-refractivity contribution is -0.141. The summed E-state index contributed by atoms with van der Waals surface area (Å²) in [5.74, 6) is -0.183. The summed E-state index contributed by atoms with van der Waals surface area (Å²) < 4.78 is 39.8. The van der Waals surface area contributed by atoms with Crippen LogP contribution < -0.4 is 0 Å². The maximum Gasteiger partial charge on any atom is 0.435 e. The van der Waals surface area contributed by atoms with Crippen molar-refractivity contribution >= 4 is 5.91 Å². The molecule has 0 unspecified atom stereocenters. The SMILES string of the molecule is CC(C)C(=O)N1CCCCC[C@H]1c1cc(C(F)(F)F)nn1C. The van der Waals surface area contributed by atoms with E-state index >= 15 is 0 Å². The van der Waals surface area contributed by atoms with Crippen LogP contribution >= 0.6 is 0 Å². The van der Waals surface area contributed by atoms with Crippen molar-refractivity contribution in [3.63, 3.8) is 0 Å². The molecule has 1 aliphatic heterocycles. The first-order valence-electron chi connectivity index (χ1n) is 7.63. The van der Waals surface area contributed by atoms with Crippen LogP contribution in [0.2, 0.25) is 0 Å². The molecule has 1 amide bonds. The van der Waals surface area contributed by atoms with Gasteiger partial charge in [0.05, 0.1) is 11.7 Å². The molecule has 1 saturated heterocycles. The molecule has 124 valence electrons. The van der Waals surface area contributed by atoms with E-state index in [1.165, 1.54) is 11.7 Å². The molecule has 0 aromatic carbocycles. The van der Waals surface area contributed by atoms with Crippen molar-refractivity contribution in [3.05, 3.63) is 17.5 Å². The van der Waals surface area contributed by atoms with E-state index in [4.69, 9.17) is 0 Å². The third-order valence-electron chi connectivity index (χ3n) is 4.08. The Morgan fingerprint density at radius 2 is 2.00 bits per heavy atom. The average molecular weight is 317 g/mol. The Morgan fingerprint density at radius 3 is 2.55 bits per heavy atom. The van der Waals surface area contributed by atoms with Gasteiger partial charge < -0.3 is 4.90 Å². The van der Waals surface area contributed by atoms with Gasteiger partial charge in [-0.3, -0.25) is 9.48 Å². The van der Waals surface area contributed by atoms with Crippen LogP contribution in [-0.2, 0) is 18.0 Å². The zero-order valence-electron chi connectivity index (χ0n) is 13.2. The van der Waals surface area contributed by atoms with Gasteiger partial charge in [-0.1, -0.05) is 26.7 Å². The highest BCUT2D eigenvalue weighted by atomic mass is 19.4. The maximum absolute atomic E-state index is 12.9. The van der Waals surface area contributed by atoms with Gasteiger partial charge in [0.25, 0.3) is 0 Å². The number of aromatic nitrogens is 2. The largest absolute Gasteiger partial charge is 0.435 e. The van der Waals surface area contributed by atoms with E-state index in [1.807, 2.05) is 13.8 Å². The lowest BCUT2D eigenvalue weighted by atomic mass is 10.0. The van der Waals surface area contributed by atoms with Crippen molar-refractivity contribution in [2.75, 3.05) is 6.54 Å². The lowest BCUT2D eigenvalue weighted by Gasteiger charge is -2.31. The Labute approximate surface area is 128 Å². The van der Waals surface area contributed by atoms with E-state index in [0.29, 0.717) is 18.7 Å². The van der Waals surface area contributed by atoms with E-state index in [1.54, 1.807) is 4.90 Å². The molecule has 1 aromatic rings. The third-order valence-corrected chi connectivity index (χ3v) is 4.08. The average Bonchev–Trinajstić information content (AvgIpc) is 2.67. The second-order valence-corrected chi connectivity index (χ2v) is 6.13. The molecule has 1 fully saturated rings. The summed E-state index contributed by atoms with van der Waals surface area (Å²) >= 11 is 0. The number of carbonyl (C=O) groups is 1. The molecule has 1 atom stereocenters. The molecule has 0 saturated carbocycles. The van der Waals surface area contributed by atoms with E-state index in [-0.39, 0.29) is 17.9 Å². The van der Waals surface area contributed by atoms with Gasteiger partial charge in [0.15, 0.2) is 5.69 Å². The van der Waals surface area contributed by atoms with Gasteiger partial charge in [-0.05, 0) is 18.9 Å². The number of rotatable bonds is 2. The van der Waals surface area contributed by atoms with Crippen molar-refractivity contribution in [3.8, 4) is 0 Å². The van der Waals surface area contributed by atoms with Crippen LogP contribution in [0.3, 0.4) is 0 Å². The highest BCUT2D eigenvalue weighted by Crippen LogP contribution is 2.35. The van der Waals surface area contributed by atoms with Gasteiger partial charge in [0, 0.05) is 19.5 Å². The second kappa shape index (κ2) is 6.30. The molecular weight excluding hydrogens is 295 g/mol. The summed E-state index contributed by atoms with van der Waals surface area (Å²) in [6.45, 7) is 4.22. The zero-order chi connectivity index (χ0) is 16.5. The highest BCUT2D eigenvalue weighted by molar-refractivity contribution is 5.78. The Balaban J connectivity index is 2.38. The van der Waals surface area contributed by atoms with Crippen LogP contribution in [0.5, 0.6) is 0 Å². The fourth-order valence-electron chi connectivity index (χ4n) is 2.94. The molecule has 0 aliphatic carbocycles. The smallest absolute Gasteiger partial charge is 0.334 e. The number of nitrogens with zero attached hydrogens (tertiary/aromatic N) is 3. The van der Waals surface area contributed by atoms with Gasteiger partial charge in [-0.25, -0.2) is 0 Å². The number of alkyl halides is 3. The Kier molecular flexibility index (Phi) is 4.82. The first kappa shape index (κ1) is 16.8. The van der Waals surface area contributed by atoms with Crippen molar-refractivity contribution in [1.29, 1.82) is 0 Å². The van der Waals surface area contributed by atoms with Crippen molar-refractivity contribution in [2.45, 2.75) is 51.7 Å². The highest BCUT2D eigenvalue weighted by Gasteiger charge is 2.37. The standard InChI is InChI=1S/C15H22F3N3O/c1-10(2)14(22)21-8-6-4-5-7-11(21)12-9-13(15(16,17)18)19-20(12)3/h9-11H,4-8H2,1-3H3/t11-/m0/s1. The van der Waals surface area contributed by atoms with Crippen molar-refractivity contribution < 1.29 is 18.0 Å². The molecule has 2 heterocycles. The van der Waals surface area contributed by atoms with Gasteiger partial charge in [0.2, 0.25) is 5.91 Å². The Bertz CT molecular complexity index is 537. The Hall–Kier alpha value is -1.53. The fraction of sp³-hybridized carbons (Fsp3) is 0.733. The molecule has 7 heteroatoms. The van der Waals surface area contributed by atoms with Gasteiger partial charge in [-0.2, -0.15) is 18.3 Å². The molecule has 0 radical (unpaired) electrons. The maximum atomic E-state index is 12.9. The van der Waals surface area contributed by atoms with E-state index in [9.17, 15) is 18.0 Å². The molecular formula is C15H22F3N3O. The third kappa shape index (κ3) is 3.44. The first-order chi connectivity index (χ1) is 10.2. The van der Waals surface area contributed by atoms with Crippen LogP contribution in [0.1, 0.15) is 57.0 Å². The minimum absolute atomic E-state index is 0.0124. The molecule has 22 heavy (non-hydrogen) atoms. The summed E-state index contributed by atoms with van der Waals surface area (Å²) in [6, 6.07) is 0.752. The topological polar surface area (TPSA) is 38.1 Å². The molecule has 4 nitrogen and oxygen atoms in total. The normalized spacial score (nSPS) is 20.3. The van der Waals surface area contributed by atoms with E-state index < -0.39 is 11.9 Å². The number of aryl methyl sites for hydroxylation is 1. The minimum atomic E-state index is -4.46. The number of halogens is 3. The van der Waals surface area contributed by atoms with Gasteiger partial charge in [0.1, 0.15) is 0 Å². The summed E-state index contributed by atoms with van der Waals surface area (Å²) in [7, 11) is 1.51. The van der Waals surface area contributed by atoms with Gasteiger partial charge in [-0.15, -0.1) is 0 Å². The molecule has 0 bridgehead atoms. The molecule has 1 aromatic heterocycles. The summed E-state index contributed by atoms with van der Waals surface area (Å²) in [4.78, 5) is 14.2. The van der Waals surface area contributed by atoms with Crippen LogP contribution in [0.4, 0.5) is 13.2 Å². The van der Waals surface area contributed by atoms with Crippen LogP contribution in [0.25, 0.3) is 0 Å². The Morgan fingerprint density at radius 1 is 1.32 bits per heavy atom. The molecule has 2 rings (SSSR count). The number of likely N-dealkylation sites (tertiary alicyclic amines) is 1. The fourth-order valence-corrected chi connectivity index (χ4v) is 2.94. The van der Waals surface area contributed by atoms with Gasteiger partial charge >= 0.3 is 6.18 Å². The van der Waals surface area contributed by atoms with Crippen molar-refractivity contribution in [2.24, 2.45) is 13.0 Å². The van der Waals surface area contributed by atoms with Crippen LogP contribution in [0, 0.1) is 5.92 Å². The number of amides is 1. The number of hydrogen-bond acceptors (Lipinski definition) is 2. The van der Waals surface area contributed by atoms with Crippen molar-refractivity contribution in [1.82, 2.24) is 14.7 Å². The summed E-state index contributed by atoms with van der Waals surface area (Å²) in [6.07, 6.45) is -1.01. The summed E-state index contributed by atoms with van der Waals surface area (Å²) in [5.41, 5.74) is -0.436. The van der Waals surface area contributed by atoms with E-state index in [0.717, 1.165) is 25.3 Å². The monoisotopic (exact) mass is 317 g/mol. The predicted octanol–water partition coefficient (Wildman–Crippen LogP) is 3.54. The lowest BCUT2D eigenvalue weighted by Crippen LogP contribution is -2.38. The van der Waals surface area contributed by atoms with E-state index in [2.05, 4.69) is 5.10 Å². The number of hydrogen-bond donors (Lipinski definition) is 0. The minimum Gasteiger partial charge on any atom is -0.334 e. The second-order valence-electron chi connectivity index (χ2n) is 6.13. The number of carbonyl (C=O) groups excluding carboxylic acids is 1. The summed E-state index contributed by atoms with van der Waals surface area (Å²) in [5, 5.41) is 3.58. The predicted molar refractivity (Wildman–Crippen MR) is 76.0 cm³/mol. The molecule has 0 N–H and O–H groups in total. The van der Waals surface area contributed by atoms with Crippen LogP contribution in [0.15, 0.2) is 6.07 Å². The quantitative estimate of drug-likeness (QED) is 0.837. The molecule has 1 aliphatic rings.